The van der Waals surface area contributed by atoms with Crippen LogP contribution in [0.1, 0.15) is 61.7 Å². The first-order chi connectivity index (χ1) is 9.47. The molecular weight excluding hydrogens is 330 g/mol. The maximum absolute atomic E-state index is 3.66. The largest absolute Gasteiger partial charge is 0.303 e. The van der Waals surface area contributed by atoms with Crippen LogP contribution in [0.2, 0.25) is 0 Å². The normalized spacial score (nSPS) is 14.5. The van der Waals surface area contributed by atoms with Crippen LogP contribution in [0.15, 0.2) is 40.2 Å². The van der Waals surface area contributed by atoms with E-state index in [0.717, 1.165) is 0 Å². The third-order valence-corrected chi connectivity index (χ3v) is 5.49. The second-order valence-corrected chi connectivity index (χ2v) is 7.46. The lowest BCUT2D eigenvalue weighted by molar-refractivity contribution is 0.500. The highest BCUT2D eigenvalue weighted by atomic mass is 79.9. The fraction of sp³-hybridized carbons (Fsp3) is 0.412. The van der Waals surface area contributed by atoms with E-state index in [1.54, 1.807) is 11.3 Å². The summed E-state index contributed by atoms with van der Waals surface area (Å²) in [5.41, 5.74) is 2.74. The predicted molar refractivity (Wildman–Crippen MR) is 92.5 cm³/mol. The maximum Gasteiger partial charge on any atom is 0.0391 e. The number of nitrogens with one attached hydrogen (secondary N) is 1. The van der Waals surface area contributed by atoms with Gasteiger partial charge in [0.15, 0.2) is 0 Å². The zero-order valence-electron chi connectivity index (χ0n) is 12.5. The average Bonchev–Trinajstić information content (AvgIpc) is 2.85. The number of rotatable bonds is 5. The van der Waals surface area contributed by atoms with Crippen LogP contribution in [0.4, 0.5) is 0 Å². The van der Waals surface area contributed by atoms with E-state index in [4.69, 9.17) is 0 Å². The van der Waals surface area contributed by atoms with E-state index in [-0.39, 0.29) is 0 Å². The Morgan fingerprint density at radius 1 is 0.950 bits per heavy atom. The topological polar surface area (TPSA) is 12.0 Å². The number of hydrogen-bond donors (Lipinski definition) is 1. The fourth-order valence-electron chi connectivity index (χ4n) is 2.28. The molecule has 0 amide bonds. The van der Waals surface area contributed by atoms with Gasteiger partial charge in [0.05, 0.1) is 0 Å². The maximum atomic E-state index is 3.66. The highest BCUT2D eigenvalue weighted by Crippen LogP contribution is 2.27. The molecule has 0 spiro atoms. The zero-order valence-corrected chi connectivity index (χ0v) is 14.9. The fourth-order valence-corrected chi connectivity index (χ4v) is 3.74. The van der Waals surface area contributed by atoms with Gasteiger partial charge in [-0.15, -0.1) is 11.3 Å². The Bertz CT molecular complexity index is 544. The molecule has 2 unspecified atom stereocenters. The molecule has 0 radical (unpaired) electrons. The van der Waals surface area contributed by atoms with E-state index >= 15 is 0 Å². The SMILES string of the molecule is CC(C)c1ccc(C(C)NC(C)c2cc(Br)cs2)cc1. The zero-order chi connectivity index (χ0) is 14.7. The second kappa shape index (κ2) is 6.88. The van der Waals surface area contributed by atoms with Gasteiger partial charge in [-0.1, -0.05) is 38.1 Å². The van der Waals surface area contributed by atoms with Gasteiger partial charge in [-0.05, 0) is 52.9 Å². The lowest BCUT2D eigenvalue weighted by atomic mass is 9.99. The lowest BCUT2D eigenvalue weighted by Crippen LogP contribution is -2.21. The minimum Gasteiger partial charge on any atom is -0.303 e. The van der Waals surface area contributed by atoms with Crippen LogP contribution in [0.25, 0.3) is 0 Å². The molecule has 0 aliphatic carbocycles. The Hall–Kier alpha value is -0.640. The Morgan fingerprint density at radius 2 is 1.55 bits per heavy atom. The van der Waals surface area contributed by atoms with Crippen molar-refractivity contribution in [1.29, 1.82) is 0 Å². The molecule has 20 heavy (non-hydrogen) atoms. The van der Waals surface area contributed by atoms with Gasteiger partial charge >= 0.3 is 0 Å². The van der Waals surface area contributed by atoms with Crippen LogP contribution in [0.3, 0.4) is 0 Å². The molecule has 108 valence electrons. The first-order valence-electron chi connectivity index (χ1n) is 7.07. The van der Waals surface area contributed by atoms with Crippen molar-refractivity contribution in [1.82, 2.24) is 5.32 Å². The van der Waals surface area contributed by atoms with E-state index in [1.807, 2.05) is 0 Å². The molecule has 0 aliphatic rings. The molecule has 0 aliphatic heterocycles. The average molecular weight is 352 g/mol. The van der Waals surface area contributed by atoms with Crippen molar-refractivity contribution < 1.29 is 0 Å². The summed E-state index contributed by atoms with van der Waals surface area (Å²) < 4.78 is 1.17. The quantitative estimate of drug-likeness (QED) is 0.691. The van der Waals surface area contributed by atoms with Gasteiger partial charge in [0.1, 0.15) is 0 Å². The van der Waals surface area contributed by atoms with Crippen molar-refractivity contribution in [2.45, 2.75) is 45.7 Å². The van der Waals surface area contributed by atoms with Crippen molar-refractivity contribution in [3.05, 3.63) is 56.2 Å². The number of hydrogen-bond acceptors (Lipinski definition) is 2. The summed E-state index contributed by atoms with van der Waals surface area (Å²) in [7, 11) is 0. The number of benzene rings is 1. The minimum absolute atomic E-state index is 0.354. The summed E-state index contributed by atoms with van der Waals surface area (Å²) in [4.78, 5) is 1.36. The number of thiophene rings is 1. The lowest BCUT2D eigenvalue weighted by Gasteiger charge is -2.20. The van der Waals surface area contributed by atoms with E-state index in [9.17, 15) is 0 Å². The standard InChI is InChI=1S/C17H22BrNS/c1-11(2)14-5-7-15(8-6-14)12(3)19-13(4)17-9-16(18)10-20-17/h5-13,19H,1-4H3. The Labute approximate surface area is 134 Å². The molecular formula is C17H22BrNS. The monoisotopic (exact) mass is 351 g/mol. The highest BCUT2D eigenvalue weighted by molar-refractivity contribution is 9.10. The van der Waals surface area contributed by atoms with Crippen LogP contribution >= 0.6 is 27.3 Å². The predicted octanol–water partition coefficient (Wildman–Crippen LogP) is 6.05. The summed E-state index contributed by atoms with van der Waals surface area (Å²) >= 11 is 5.31. The van der Waals surface area contributed by atoms with Gasteiger partial charge < -0.3 is 5.32 Å². The Morgan fingerprint density at radius 3 is 2.05 bits per heavy atom. The summed E-state index contributed by atoms with van der Waals surface area (Å²) in [5.74, 6) is 0.592. The van der Waals surface area contributed by atoms with E-state index < -0.39 is 0 Å². The van der Waals surface area contributed by atoms with Crippen molar-refractivity contribution in [2.24, 2.45) is 0 Å². The summed E-state index contributed by atoms with van der Waals surface area (Å²) in [5, 5.41) is 5.80. The van der Waals surface area contributed by atoms with Crippen LogP contribution in [0.5, 0.6) is 0 Å². The van der Waals surface area contributed by atoms with Crippen LogP contribution in [-0.2, 0) is 0 Å². The van der Waals surface area contributed by atoms with Gasteiger partial charge in [-0.2, -0.15) is 0 Å². The molecule has 2 aromatic rings. The van der Waals surface area contributed by atoms with Crippen molar-refractivity contribution >= 4 is 27.3 Å². The Balaban J connectivity index is 2.02. The van der Waals surface area contributed by atoms with Gasteiger partial charge in [-0.3, -0.25) is 0 Å². The van der Waals surface area contributed by atoms with E-state index in [2.05, 4.69) is 84.7 Å². The molecule has 0 saturated carbocycles. The highest BCUT2D eigenvalue weighted by Gasteiger charge is 2.13. The molecule has 0 fully saturated rings. The summed E-state index contributed by atoms with van der Waals surface area (Å²) in [6.45, 7) is 8.90. The van der Waals surface area contributed by atoms with Crippen molar-refractivity contribution in [3.8, 4) is 0 Å². The third-order valence-electron chi connectivity index (χ3n) is 3.62. The molecule has 0 saturated heterocycles. The van der Waals surface area contributed by atoms with Crippen LogP contribution in [-0.4, -0.2) is 0 Å². The first-order valence-corrected chi connectivity index (χ1v) is 8.74. The van der Waals surface area contributed by atoms with Crippen LogP contribution < -0.4 is 5.32 Å². The minimum atomic E-state index is 0.354. The molecule has 2 rings (SSSR count). The molecule has 1 nitrogen and oxygen atoms in total. The third kappa shape index (κ3) is 3.94. The molecule has 1 heterocycles. The van der Waals surface area contributed by atoms with Gasteiger partial charge in [0.25, 0.3) is 0 Å². The van der Waals surface area contributed by atoms with E-state index in [0.29, 0.717) is 18.0 Å². The van der Waals surface area contributed by atoms with Crippen LogP contribution in [0, 0.1) is 0 Å². The van der Waals surface area contributed by atoms with Crippen molar-refractivity contribution in [2.75, 3.05) is 0 Å². The molecule has 1 aromatic heterocycles. The smallest absolute Gasteiger partial charge is 0.0391 e. The van der Waals surface area contributed by atoms with Crippen molar-refractivity contribution in [3.63, 3.8) is 0 Å². The first kappa shape index (κ1) is 15.7. The van der Waals surface area contributed by atoms with Gasteiger partial charge in [-0.25, -0.2) is 0 Å². The van der Waals surface area contributed by atoms with Gasteiger partial charge in [0.2, 0.25) is 0 Å². The van der Waals surface area contributed by atoms with Gasteiger partial charge in [0, 0.05) is 26.8 Å². The molecule has 1 aromatic carbocycles. The van der Waals surface area contributed by atoms with E-state index in [1.165, 1.54) is 20.5 Å². The molecule has 1 N–H and O–H groups in total. The molecule has 0 bridgehead atoms. The Kier molecular flexibility index (Phi) is 5.42. The molecule has 3 heteroatoms. The number of halogens is 1. The molecule has 2 atom stereocenters. The second-order valence-electron chi connectivity index (χ2n) is 5.60. The summed E-state index contributed by atoms with van der Waals surface area (Å²) in [6.07, 6.45) is 0. The summed E-state index contributed by atoms with van der Waals surface area (Å²) in [6, 6.07) is 11.9.